The highest BCUT2D eigenvalue weighted by molar-refractivity contribution is 9.10. The van der Waals surface area contributed by atoms with Crippen LogP contribution in [0, 0.1) is 0 Å². The van der Waals surface area contributed by atoms with E-state index in [1.165, 1.54) is 11.3 Å². The van der Waals surface area contributed by atoms with E-state index in [4.69, 9.17) is 4.74 Å². The lowest BCUT2D eigenvalue weighted by molar-refractivity contribution is -0.00525. The molecule has 4 rings (SSSR count). The van der Waals surface area contributed by atoms with Crippen molar-refractivity contribution in [3.63, 3.8) is 0 Å². The quantitative estimate of drug-likeness (QED) is 0.779. The summed E-state index contributed by atoms with van der Waals surface area (Å²) in [5, 5.41) is 11.1. The number of nitrogens with zero attached hydrogens (tertiary/aromatic N) is 3. The van der Waals surface area contributed by atoms with Gasteiger partial charge in [-0.25, -0.2) is 0 Å². The van der Waals surface area contributed by atoms with Crippen LogP contribution in [0.1, 0.15) is 24.3 Å². The normalized spacial score (nSPS) is 24.1. The highest BCUT2D eigenvalue weighted by atomic mass is 79.9. The first-order valence-electron chi connectivity index (χ1n) is 8.15. The van der Waals surface area contributed by atoms with Gasteiger partial charge in [0.1, 0.15) is 0 Å². The zero-order valence-corrected chi connectivity index (χ0v) is 16.3. The summed E-state index contributed by atoms with van der Waals surface area (Å²) in [6.07, 6.45) is 4.09. The number of halogens is 1. The number of rotatable bonds is 2. The summed E-state index contributed by atoms with van der Waals surface area (Å²) < 4.78 is 6.78. The number of thiazole rings is 1. The molecule has 2 atom stereocenters. The molecule has 130 valence electrons. The van der Waals surface area contributed by atoms with E-state index in [9.17, 15) is 5.11 Å². The summed E-state index contributed by atoms with van der Waals surface area (Å²) in [4.78, 5) is 11.7. The van der Waals surface area contributed by atoms with Gasteiger partial charge in [-0.2, -0.15) is 4.98 Å². The van der Waals surface area contributed by atoms with Gasteiger partial charge in [0.2, 0.25) is 5.88 Å². The standard InChI is InChI=1S/C18H18BrN3O2S/c1-10-8-22(9-11(2)24-10)18-21-17(23)16(25-18)5-12-7-20-15-4-3-13(19)6-14(12)15/h3-7,10-11,23H,8-9H2,1-2H3/b12-5+. The zero-order valence-electron chi connectivity index (χ0n) is 13.9. The van der Waals surface area contributed by atoms with Crippen molar-refractivity contribution in [3.8, 4) is 5.88 Å². The van der Waals surface area contributed by atoms with E-state index < -0.39 is 0 Å². The van der Waals surface area contributed by atoms with Gasteiger partial charge in [-0.3, -0.25) is 4.99 Å². The van der Waals surface area contributed by atoms with Gasteiger partial charge in [-0.1, -0.05) is 27.3 Å². The molecule has 2 aromatic rings. The fourth-order valence-electron chi connectivity index (χ4n) is 3.19. The van der Waals surface area contributed by atoms with Gasteiger partial charge in [0.25, 0.3) is 0 Å². The van der Waals surface area contributed by atoms with Crippen LogP contribution in [0.3, 0.4) is 0 Å². The third-order valence-electron chi connectivity index (χ3n) is 4.21. The van der Waals surface area contributed by atoms with Crippen molar-refractivity contribution < 1.29 is 9.84 Å². The number of anilines is 1. The van der Waals surface area contributed by atoms with Crippen LogP contribution in [0.5, 0.6) is 5.88 Å². The van der Waals surface area contributed by atoms with Crippen LogP contribution >= 0.6 is 27.3 Å². The molecule has 2 unspecified atom stereocenters. The molecule has 0 aliphatic carbocycles. The smallest absolute Gasteiger partial charge is 0.231 e. The van der Waals surface area contributed by atoms with Crippen molar-refractivity contribution in [3.05, 3.63) is 33.1 Å². The van der Waals surface area contributed by atoms with Crippen LogP contribution in [-0.4, -0.2) is 41.6 Å². The number of hydrogen-bond acceptors (Lipinski definition) is 6. The van der Waals surface area contributed by atoms with Gasteiger partial charge in [-0.15, -0.1) is 0 Å². The molecule has 1 fully saturated rings. The molecular weight excluding hydrogens is 402 g/mol. The van der Waals surface area contributed by atoms with Crippen molar-refractivity contribution in [2.24, 2.45) is 4.99 Å². The highest BCUT2D eigenvalue weighted by Gasteiger charge is 2.25. The molecule has 25 heavy (non-hydrogen) atoms. The Balaban J connectivity index is 1.64. The monoisotopic (exact) mass is 419 g/mol. The van der Waals surface area contributed by atoms with E-state index >= 15 is 0 Å². The van der Waals surface area contributed by atoms with Gasteiger partial charge < -0.3 is 14.7 Å². The lowest BCUT2D eigenvalue weighted by Crippen LogP contribution is -2.45. The van der Waals surface area contributed by atoms with E-state index in [0.29, 0.717) is 0 Å². The first-order chi connectivity index (χ1) is 12.0. The SMILES string of the molecule is CC1CN(c2nc(O)c(/C=C3\C=Nc4ccc(Br)cc43)s2)CC(C)O1. The highest BCUT2D eigenvalue weighted by Crippen LogP contribution is 2.38. The molecule has 5 nitrogen and oxygen atoms in total. The van der Waals surface area contributed by atoms with E-state index in [1.807, 2.05) is 30.5 Å². The summed E-state index contributed by atoms with van der Waals surface area (Å²) in [5.41, 5.74) is 2.97. The molecule has 0 radical (unpaired) electrons. The van der Waals surface area contributed by atoms with Crippen LogP contribution in [-0.2, 0) is 4.74 Å². The first kappa shape index (κ1) is 16.8. The maximum atomic E-state index is 10.3. The van der Waals surface area contributed by atoms with Crippen molar-refractivity contribution in [2.45, 2.75) is 26.1 Å². The lowest BCUT2D eigenvalue weighted by atomic mass is 10.1. The summed E-state index contributed by atoms with van der Waals surface area (Å²) in [7, 11) is 0. The zero-order chi connectivity index (χ0) is 17.6. The predicted molar refractivity (Wildman–Crippen MR) is 106 cm³/mol. The van der Waals surface area contributed by atoms with Gasteiger partial charge >= 0.3 is 0 Å². The molecule has 1 N–H and O–H groups in total. The van der Waals surface area contributed by atoms with Gasteiger partial charge in [0.05, 0.1) is 22.8 Å². The second kappa shape index (κ2) is 6.55. The van der Waals surface area contributed by atoms with Gasteiger partial charge in [0.15, 0.2) is 5.13 Å². The van der Waals surface area contributed by atoms with Crippen molar-refractivity contribution in [2.75, 3.05) is 18.0 Å². The number of hydrogen-bond donors (Lipinski definition) is 1. The molecule has 0 bridgehead atoms. The van der Waals surface area contributed by atoms with Crippen molar-refractivity contribution >= 4 is 55.9 Å². The Morgan fingerprint density at radius 3 is 2.84 bits per heavy atom. The summed E-state index contributed by atoms with van der Waals surface area (Å²) in [6, 6.07) is 5.99. The van der Waals surface area contributed by atoms with E-state index in [2.05, 4.69) is 44.7 Å². The number of ether oxygens (including phenoxy) is 1. The minimum atomic E-state index is 0.0659. The largest absolute Gasteiger partial charge is 0.492 e. The molecule has 7 heteroatoms. The third-order valence-corrected chi connectivity index (χ3v) is 5.76. The van der Waals surface area contributed by atoms with Gasteiger partial charge in [-0.05, 0) is 38.1 Å². The number of benzene rings is 1. The number of aliphatic imine (C=N–C) groups is 1. The Morgan fingerprint density at radius 2 is 2.08 bits per heavy atom. The summed E-state index contributed by atoms with van der Waals surface area (Å²) in [5.74, 6) is 0.0659. The van der Waals surface area contributed by atoms with Crippen LogP contribution in [0.25, 0.3) is 11.6 Å². The molecular formula is C18H18BrN3O2S. The number of aromatic nitrogens is 1. The van der Waals surface area contributed by atoms with Crippen LogP contribution in [0.2, 0.25) is 0 Å². The molecule has 3 heterocycles. The molecule has 0 amide bonds. The number of allylic oxidation sites excluding steroid dienone is 1. The van der Waals surface area contributed by atoms with E-state index in [1.54, 1.807) is 0 Å². The fourth-order valence-corrected chi connectivity index (χ4v) is 4.48. The Labute approximate surface area is 158 Å². The second-order valence-corrected chi connectivity index (χ2v) is 8.29. The Hall–Kier alpha value is -1.70. The third kappa shape index (κ3) is 3.36. The molecule has 0 saturated carbocycles. The van der Waals surface area contributed by atoms with E-state index in [-0.39, 0.29) is 18.1 Å². The Morgan fingerprint density at radius 1 is 1.32 bits per heavy atom. The molecule has 1 aromatic heterocycles. The summed E-state index contributed by atoms with van der Waals surface area (Å²) in [6.45, 7) is 5.68. The average molecular weight is 420 g/mol. The molecule has 2 aliphatic heterocycles. The lowest BCUT2D eigenvalue weighted by Gasteiger charge is -2.35. The molecule has 1 saturated heterocycles. The summed E-state index contributed by atoms with van der Waals surface area (Å²) >= 11 is 4.99. The minimum absolute atomic E-state index is 0.0659. The average Bonchev–Trinajstić information content (AvgIpc) is 3.11. The predicted octanol–water partition coefficient (Wildman–Crippen LogP) is 4.48. The number of fused-ring (bicyclic) bond motifs is 1. The van der Waals surface area contributed by atoms with Gasteiger partial charge in [0, 0.05) is 34.9 Å². The second-order valence-electron chi connectivity index (χ2n) is 6.37. The fraction of sp³-hybridized carbons (Fsp3) is 0.333. The minimum Gasteiger partial charge on any atom is -0.492 e. The maximum absolute atomic E-state index is 10.3. The number of morpholine rings is 1. The topological polar surface area (TPSA) is 58.0 Å². The van der Waals surface area contributed by atoms with Crippen LogP contribution in [0.15, 0.2) is 27.7 Å². The van der Waals surface area contributed by atoms with Crippen molar-refractivity contribution in [1.82, 2.24) is 4.98 Å². The molecule has 0 spiro atoms. The maximum Gasteiger partial charge on any atom is 0.231 e. The first-order valence-corrected chi connectivity index (χ1v) is 9.76. The van der Waals surface area contributed by atoms with Crippen molar-refractivity contribution in [1.29, 1.82) is 0 Å². The van der Waals surface area contributed by atoms with Crippen LogP contribution < -0.4 is 4.90 Å². The Kier molecular flexibility index (Phi) is 4.39. The van der Waals surface area contributed by atoms with E-state index in [0.717, 1.165) is 44.4 Å². The number of aromatic hydroxyl groups is 1. The Bertz CT molecular complexity index is 867. The molecule has 2 aliphatic rings. The van der Waals surface area contributed by atoms with Crippen LogP contribution in [0.4, 0.5) is 10.8 Å². The molecule has 1 aromatic carbocycles.